The molecule has 0 aliphatic rings. The van der Waals surface area contributed by atoms with Gasteiger partial charge in [-0.05, 0) is 18.1 Å². The average molecular weight is 205 g/mol. The van der Waals surface area contributed by atoms with E-state index in [9.17, 15) is 4.79 Å². The van der Waals surface area contributed by atoms with Gasteiger partial charge in [-0.2, -0.15) is 0 Å². The van der Waals surface area contributed by atoms with Crippen molar-refractivity contribution in [2.75, 3.05) is 0 Å². The standard InChI is InChI=1S/C13H19NO/c1-10-7-5-6-8-11(10)9-14-12(15)13(2,3)4/h5-8H,9H2,1-4H3,(H,14,15). The molecule has 1 N–H and O–H groups in total. The fraction of sp³-hybridized carbons (Fsp3) is 0.462. The van der Waals surface area contributed by atoms with Crippen LogP contribution in [-0.4, -0.2) is 5.91 Å². The maximum Gasteiger partial charge on any atom is 0.225 e. The van der Waals surface area contributed by atoms with Gasteiger partial charge in [-0.3, -0.25) is 4.79 Å². The van der Waals surface area contributed by atoms with Gasteiger partial charge >= 0.3 is 0 Å². The minimum atomic E-state index is -0.317. The Morgan fingerprint density at radius 2 is 1.87 bits per heavy atom. The summed E-state index contributed by atoms with van der Waals surface area (Å²) in [6.45, 7) is 8.42. The molecule has 1 amide bonds. The van der Waals surface area contributed by atoms with Crippen molar-refractivity contribution in [3.8, 4) is 0 Å². The predicted octanol–water partition coefficient (Wildman–Crippen LogP) is 2.66. The van der Waals surface area contributed by atoms with E-state index in [1.165, 1.54) is 11.1 Å². The van der Waals surface area contributed by atoms with Crippen molar-refractivity contribution in [2.45, 2.75) is 34.2 Å². The molecule has 0 saturated heterocycles. The predicted molar refractivity (Wildman–Crippen MR) is 62.5 cm³/mol. The second-order valence-electron chi connectivity index (χ2n) is 4.86. The first-order valence-electron chi connectivity index (χ1n) is 5.24. The molecule has 2 nitrogen and oxygen atoms in total. The van der Waals surface area contributed by atoms with E-state index < -0.39 is 0 Å². The van der Waals surface area contributed by atoms with Crippen LogP contribution in [0.4, 0.5) is 0 Å². The Balaban J connectivity index is 2.59. The van der Waals surface area contributed by atoms with Crippen LogP contribution in [0.3, 0.4) is 0 Å². The third-order valence-corrected chi connectivity index (χ3v) is 2.38. The van der Waals surface area contributed by atoms with Crippen LogP contribution in [0.1, 0.15) is 31.9 Å². The molecule has 2 heteroatoms. The molecular formula is C13H19NO. The van der Waals surface area contributed by atoms with Crippen LogP contribution < -0.4 is 5.32 Å². The van der Waals surface area contributed by atoms with Crippen LogP contribution in [0, 0.1) is 12.3 Å². The highest BCUT2D eigenvalue weighted by atomic mass is 16.2. The van der Waals surface area contributed by atoms with Crippen molar-refractivity contribution in [2.24, 2.45) is 5.41 Å². The monoisotopic (exact) mass is 205 g/mol. The number of nitrogens with one attached hydrogen (secondary N) is 1. The van der Waals surface area contributed by atoms with Crippen LogP contribution in [0.15, 0.2) is 24.3 Å². The van der Waals surface area contributed by atoms with E-state index in [0.29, 0.717) is 6.54 Å². The van der Waals surface area contributed by atoms with Gasteiger partial charge in [0.25, 0.3) is 0 Å². The topological polar surface area (TPSA) is 29.1 Å². The number of aryl methyl sites for hydroxylation is 1. The summed E-state index contributed by atoms with van der Waals surface area (Å²) in [5.41, 5.74) is 2.07. The van der Waals surface area contributed by atoms with Gasteiger partial charge < -0.3 is 5.32 Å². The molecule has 1 aromatic rings. The van der Waals surface area contributed by atoms with Gasteiger partial charge in [0.1, 0.15) is 0 Å². The Bertz CT molecular complexity index is 350. The Labute approximate surface area is 91.7 Å². The lowest BCUT2D eigenvalue weighted by Gasteiger charge is -2.18. The molecule has 0 fully saturated rings. The summed E-state index contributed by atoms with van der Waals surface area (Å²) < 4.78 is 0. The minimum absolute atomic E-state index is 0.0887. The third kappa shape index (κ3) is 3.39. The first-order valence-corrected chi connectivity index (χ1v) is 5.24. The number of benzene rings is 1. The molecule has 1 aromatic carbocycles. The van der Waals surface area contributed by atoms with Gasteiger partial charge in [-0.1, -0.05) is 45.0 Å². The Hall–Kier alpha value is -1.31. The van der Waals surface area contributed by atoms with Gasteiger partial charge in [0.05, 0.1) is 0 Å². The molecule has 0 heterocycles. The quantitative estimate of drug-likeness (QED) is 0.790. The fourth-order valence-corrected chi connectivity index (χ4v) is 1.25. The van der Waals surface area contributed by atoms with E-state index in [-0.39, 0.29) is 11.3 Å². The first-order chi connectivity index (χ1) is 6.91. The highest BCUT2D eigenvalue weighted by molar-refractivity contribution is 5.81. The Morgan fingerprint density at radius 3 is 2.40 bits per heavy atom. The molecular weight excluding hydrogens is 186 g/mol. The van der Waals surface area contributed by atoms with Crippen molar-refractivity contribution in [3.05, 3.63) is 35.4 Å². The van der Waals surface area contributed by atoms with Crippen LogP contribution in [0.5, 0.6) is 0 Å². The van der Waals surface area contributed by atoms with Gasteiger partial charge in [-0.15, -0.1) is 0 Å². The zero-order valence-electron chi connectivity index (χ0n) is 9.92. The number of amides is 1. The lowest BCUT2D eigenvalue weighted by molar-refractivity contribution is -0.128. The summed E-state index contributed by atoms with van der Waals surface area (Å²) >= 11 is 0. The highest BCUT2D eigenvalue weighted by Gasteiger charge is 2.20. The molecule has 0 saturated carbocycles. The summed E-state index contributed by atoms with van der Waals surface area (Å²) in [5, 5.41) is 2.94. The van der Waals surface area contributed by atoms with E-state index in [1.54, 1.807) is 0 Å². The normalized spacial score (nSPS) is 11.2. The van der Waals surface area contributed by atoms with Crippen molar-refractivity contribution in [1.82, 2.24) is 5.32 Å². The maximum atomic E-state index is 11.6. The van der Waals surface area contributed by atoms with Crippen molar-refractivity contribution >= 4 is 5.91 Å². The minimum Gasteiger partial charge on any atom is -0.352 e. The SMILES string of the molecule is Cc1ccccc1CNC(=O)C(C)(C)C. The molecule has 1 rings (SSSR count). The third-order valence-electron chi connectivity index (χ3n) is 2.38. The number of carbonyl (C=O) groups is 1. The van der Waals surface area contributed by atoms with E-state index in [0.717, 1.165) is 0 Å². The van der Waals surface area contributed by atoms with Gasteiger partial charge in [0.15, 0.2) is 0 Å². The van der Waals surface area contributed by atoms with Crippen molar-refractivity contribution in [3.63, 3.8) is 0 Å². The van der Waals surface area contributed by atoms with E-state index in [1.807, 2.05) is 39.0 Å². The molecule has 0 aliphatic carbocycles. The van der Waals surface area contributed by atoms with E-state index in [2.05, 4.69) is 18.3 Å². The van der Waals surface area contributed by atoms with Crippen molar-refractivity contribution in [1.29, 1.82) is 0 Å². The second-order valence-corrected chi connectivity index (χ2v) is 4.86. The largest absolute Gasteiger partial charge is 0.352 e. The Kier molecular flexibility index (Phi) is 3.51. The summed E-state index contributed by atoms with van der Waals surface area (Å²) in [7, 11) is 0. The molecule has 0 atom stereocenters. The van der Waals surface area contributed by atoms with Crippen LogP contribution in [0.25, 0.3) is 0 Å². The first kappa shape index (κ1) is 11.8. The summed E-state index contributed by atoms with van der Waals surface area (Å²) in [6, 6.07) is 8.09. The molecule has 0 unspecified atom stereocenters. The number of hydrogen-bond donors (Lipinski definition) is 1. The van der Waals surface area contributed by atoms with Crippen LogP contribution in [-0.2, 0) is 11.3 Å². The lowest BCUT2D eigenvalue weighted by atomic mass is 9.95. The van der Waals surface area contributed by atoms with Crippen LogP contribution >= 0.6 is 0 Å². The van der Waals surface area contributed by atoms with Gasteiger partial charge in [-0.25, -0.2) is 0 Å². The summed E-state index contributed by atoms with van der Waals surface area (Å²) in [6.07, 6.45) is 0. The Morgan fingerprint density at radius 1 is 1.27 bits per heavy atom. The van der Waals surface area contributed by atoms with Gasteiger partial charge in [0, 0.05) is 12.0 Å². The second kappa shape index (κ2) is 4.47. The molecule has 0 spiro atoms. The zero-order chi connectivity index (χ0) is 11.5. The fourth-order valence-electron chi connectivity index (χ4n) is 1.25. The smallest absolute Gasteiger partial charge is 0.225 e. The molecule has 0 bridgehead atoms. The maximum absolute atomic E-state index is 11.6. The van der Waals surface area contributed by atoms with Gasteiger partial charge in [0.2, 0.25) is 5.91 Å². The number of rotatable bonds is 2. The molecule has 15 heavy (non-hydrogen) atoms. The highest BCUT2D eigenvalue weighted by Crippen LogP contribution is 2.13. The summed E-state index contributed by atoms with van der Waals surface area (Å²) in [4.78, 5) is 11.6. The van der Waals surface area contributed by atoms with Crippen LogP contribution in [0.2, 0.25) is 0 Å². The number of hydrogen-bond acceptors (Lipinski definition) is 1. The number of carbonyl (C=O) groups excluding carboxylic acids is 1. The summed E-state index contributed by atoms with van der Waals surface area (Å²) in [5.74, 6) is 0.0887. The lowest BCUT2D eigenvalue weighted by Crippen LogP contribution is -2.34. The zero-order valence-corrected chi connectivity index (χ0v) is 9.92. The van der Waals surface area contributed by atoms with Crippen molar-refractivity contribution < 1.29 is 4.79 Å². The van der Waals surface area contributed by atoms with E-state index >= 15 is 0 Å². The molecule has 0 aliphatic heterocycles. The average Bonchev–Trinajstić information content (AvgIpc) is 2.14. The molecule has 0 aromatic heterocycles. The molecule has 82 valence electrons. The molecule has 0 radical (unpaired) electrons. The van der Waals surface area contributed by atoms with E-state index in [4.69, 9.17) is 0 Å².